The summed E-state index contributed by atoms with van der Waals surface area (Å²) in [4.78, 5) is 2.35. The smallest absolute Gasteiger partial charge is 0.0529 e. The third kappa shape index (κ3) is 4.03. The molecule has 0 N–H and O–H groups in total. The lowest BCUT2D eigenvalue weighted by Gasteiger charge is -2.26. The number of benzene rings is 6. The van der Waals surface area contributed by atoms with Crippen LogP contribution in [0.2, 0.25) is 0 Å². The second kappa shape index (κ2) is 9.42. The van der Waals surface area contributed by atoms with E-state index in [4.69, 9.17) is 0 Å². The molecule has 2 nitrogen and oxygen atoms in total. The number of rotatable bonds is 5. The minimum Gasteiger partial charge on any atom is -0.317 e. The molecule has 180 valence electrons. The third-order valence-corrected chi connectivity index (χ3v) is 7.19. The van der Waals surface area contributed by atoms with Crippen LogP contribution in [0.1, 0.15) is 0 Å². The first-order valence-electron chi connectivity index (χ1n) is 12.9. The molecule has 0 aliphatic carbocycles. The van der Waals surface area contributed by atoms with Crippen molar-refractivity contribution in [3.8, 4) is 16.8 Å². The first kappa shape index (κ1) is 22.1. The Morgan fingerprint density at radius 1 is 0.395 bits per heavy atom. The van der Waals surface area contributed by atoms with Gasteiger partial charge in [0.2, 0.25) is 0 Å². The van der Waals surface area contributed by atoms with Crippen LogP contribution in [0.4, 0.5) is 17.1 Å². The van der Waals surface area contributed by atoms with E-state index in [9.17, 15) is 0 Å². The molecule has 0 aliphatic rings. The zero-order chi connectivity index (χ0) is 25.3. The summed E-state index contributed by atoms with van der Waals surface area (Å²) in [6.45, 7) is 0. The first-order chi connectivity index (χ1) is 18.8. The molecule has 0 spiro atoms. The summed E-state index contributed by atoms with van der Waals surface area (Å²) in [6.07, 6.45) is 2.15. The lowest BCUT2D eigenvalue weighted by atomic mass is 10.0. The van der Waals surface area contributed by atoms with E-state index in [0.717, 1.165) is 22.7 Å². The van der Waals surface area contributed by atoms with Gasteiger partial charge in [0.25, 0.3) is 0 Å². The Labute approximate surface area is 222 Å². The van der Waals surface area contributed by atoms with Crippen molar-refractivity contribution in [2.75, 3.05) is 4.90 Å². The minimum atomic E-state index is 1.13. The van der Waals surface area contributed by atoms with Gasteiger partial charge in [-0.15, -0.1) is 0 Å². The third-order valence-electron chi connectivity index (χ3n) is 7.19. The Morgan fingerprint density at radius 3 is 1.74 bits per heavy atom. The Morgan fingerprint density at radius 2 is 0.974 bits per heavy atom. The zero-order valence-corrected chi connectivity index (χ0v) is 20.9. The lowest BCUT2D eigenvalue weighted by molar-refractivity contribution is 1.13. The van der Waals surface area contributed by atoms with Crippen molar-refractivity contribution in [1.29, 1.82) is 0 Å². The highest BCUT2D eigenvalue weighted by Crippen LogP contribution is 2.38. The molecule has 0 unspecified atom stereocenters. The number of aromatic nitrogens is 1. The fourth-order valence-electron chi connectivity index (χ4n) is 5.28. The SMILES string of the molecule is c1ccc(-c2ccc(N(c3ccc4ccccc4c3)c3ccc4c(ccn4-c4ccccc4)c3)cc2)cc1. The van der Waals surface area contributed by atoms with Crippen molar-refractivity contribution in [2.45, 2.75) is 0 Å². The topological polar surface area (TPSA) is 8.17 Å². The van der Waals surface area contributed by atoms with Crippen LogP contribution in [0.15, 0.2) is 158 Å². The highest BCUT2D eigenvalue weighted by molar-refractivity contribution is 5.92. The van der Waals surface area contributed by atoms with Gasteiger partial charge in [-0.1, -0.05) is 91.0 Å². The molecule has 1 aromatic heterocycles. The molecule has 0 fully saturated rings. The summed E-state index contributed by atoms with van der Waals surface area (Å²) < 4.78 is 2.24. The van der Waals surface area contributed by atoms with Gasteiger partial charge in [-0.2, -0.15) is 0 Å². The Kier molecular flexibility index (Phi) is 5.49. The van der Waals surface area contributed by atoms with E-state index in [0.29, 0.717) is 0 Å². The second-order valence-corrected chi connectivity index (χ2v) is 9.54. The summed E-state index contributed by atoms with van der Waals surface area (Å²) in [6, 6.07) is 54.1. The summed E-state index contributed by atoms with van der Waals surface area (Å²) >= 11 is 0. The largest absolute Gasteiger partial charge is 0.317 e. The van der Waals surface area contributed by atoms with Gasteiger partial charge < -0.3 is 9.47 Å². The van der Waals surface area contributed by atoms with Gasteiger partial charge >= 0.3 is 0 Å². The monoisotopic (exact) mass is 486 g/mol. The molecule has 7 rings (SSSR count). The van der Waals surface area contributed by atoms with E-state index in [1.807, 2.05) is 0 Å². The molecule has 7 aromatic rings. The molecule has 6 aromatic carbocycles. The van der Waals surface area contributed by atoms with Crippen molar-refractivity contribution in [3.05, 3.63) is 158 Å². The van der Waals surface area contributed by atoms with Crippen molar-refractivity contribution in [3.63, 3.8) is 0 Å². The molecule has 0 aliphatic heterocycles. The van der Waals surface area contributed by atoms with Gasteiger partial charge in [0.1, 0.15) is 0 Å². The minimum absolute atomic E-state index is 1.13. The van der Waals surface area contributed by atoms with Gasteiger partial charge in [0.15, 0.2) is 0 Å². The number of hydrogen-bond acceptors (Lipinski definition) is 1. The van der Waals surface area contributed by atoms with Crippen LogP contribution in [-0.4, -0.2) is 4.57 Å². The number of anilines is 3. The van der Waals surface area contributed by atoms with Crippen LogP contribution in [0.25, 0.3) is 38.5 Å². The molecular weight excluding hydrogens is 460 g/mol. The predicted octanol–water partition coefficient (Wildman–Crippen LogP) is 9.92. The van der Waals surface area contributed by atoms with E-state index in [-0.39, 0.29) is 0 Å². The fourth-order valence-corrected chi connectivity index (χ4v) is 5.28. The van der Waals surface area contributed by atoms with E-state index in [1.54, 1.807) is 0 Å². The summed E-state index contributed by atoms with van der Waals surface area (Å²) in [7, 11) is 0. The molecule has 1 heterocycles. The molecule has 38 heavy (non-hydrogen) atoms. The van der Waals surface area contributed by atoms with Gasteiger partial charge in [-0.25, -0.2) is 0 Å². The van der Waals surface area contributed by atoms with Crippen LogP contribution in [0.3, 0.4) is 0 Å². The molecule has 0 saturated heterocycles. The zero-order valence-electron chi connectivity index (χ0n) is 20.9. The summed E-state index contributed by atoms with van der Waals surface area (Å²) in [5.74, 6) is 0. The summed E-state index contributed by atoms with van der Waals surface area (Å²) in [5, 5.41) is 3.68. The van der Waals surface area contributed by atoms with Crippen molar-refractivity contribution >= 4 is 38.7 Å². The van der Waals surface area contributed by atoms with Crippen molar-refractivity contribution < 1.29 is 0 Å². The highest BCUT2D eigenvalue weighted by atomic mass is 15.1. The Bertz CT molecular complexity index is 1850. The van der Waals surface area contributed by atoms with E-state index >= 15 is 0 Å². The van der Waals surface area contributed by atoms with Gasteiger partial charge in [0.05, 0.1) is 5.52 Å². The second-order valence-electron chi connectivity index (χ2n) is 9.54. The van der Waals surface area contributed by atoms with Gasteiger partial charge in [0, 0.05) is 34.3 Å². The predicted molar refractivity (Wildman–Crippen MR) is 161 cm³/mol. The van der Waals surface area contributed by atoms with Crippen molar-refractivity contribution in [2.24, 2.45) is 0 Å². The van der Waals surface area contributed by atoms with E-state index < -0.39 is 0 Å². The Balaban J connectivity index is 1.36. The molecule has 0 saturated carbocycles. The Hall–Kier alpha value is -5.08. The van der Waals surface area contributed by atoms with E-state index in [2.05, 4.69) is 167 Å². The van der Waals surface area contributed by atoms with Crippen LogP contribution in [0.5, 0.6) is 0 Å². The maximum Gasteiger partial charge on any atom is 0.0529 e. The quantitative estimate of drug-likeness (QED) is 0.235. The number of nitrogens with zero attached hydrogens (tertiary/aromatic N) is 2. The maximum absolute atomic E-state index is 2.35. The van der Waals surface area contributed by atoms with Crippen LogP contribution in [-0.2, 0) is 0 Å². The fraction of sp³-hybridized carbons (Fsp3) is 0. The lowest BCUT2D eigenvalue weighted by Crippen LogP contribution is -2.10. The first-order valence-corrected chi connectivity index (χ1v) is 12.9. The molecule has 0 amide bonds. The molecular formula is C36H26N2. The van der Waals surface area contributed by atoms with Crippen molar-refractivity contribution in [1.82, 2.24) is 4.57 Å². The highest BCUT2D eigenvalue weighted by Gasteiger charge is 2.15. The van der Waals surface area contributed by atoms with Crippen LogP contribution < -0.4 is 4.90 Å². The average molecular weight is 487 g/mol. The van der Waals surface area contributed by atoms with Gasteiger partial charge in [-0.3, -0.25) is 0 Å². The maximum atomic E-state index is 2.35. The van der Waals surface area contributed by atoms with Crippen LogP contribution >= 0.6 is 0 Å². The molecule has 2 heteroatoms. The number of fused-ring (bicyclic) bond motifs is 2. The number of para-hydroxylation sites is 1. The van der Waals surface area contributed by atoms with Gasteiger partial charge in [-0.05, 0) is 82.6 Å². The van der Waals surface area contributed by atoms with Crippen LogP contribution in [0, 0.1) is 0 Å². The molecule has 0 bridgehead atoms. The summed E-state index contributed by atoms with van der Waals surface area (Å²) in [5.41, 5.74) is 8.19. The normalized spacial score (nSPS) is 11.2. The molecule has 0 atom stereocenters. The standard InChI is InChI=1S/C36H26N2/c1-3-9-27(10-4-1)29-15-18-33(19-16-29)38(34-20-17-28-11-7-8-12-30(28)25-34)35-21-22-36-31(26-35)23-24-37(36)32-13-5-2-6-14-32/h1-26H. The van der Waals surface area contributed by atoms with E-state index in [1.165, 1.54) is 32.8 Å². The number of hydrogen-bond donors (Lipinski definition) is 0. The molecule has 0 radical (unpaired) electrons. The average Bonchev–Trinajstić information content (AvgIpc) is 3.42.